The first-order valence-electron chi connectivity index (χ1n) is 13.6. The highest BCUT2D eigenvalue weighted by Gasteiger charge is 2.30. The number of H-pyrrole nitrogens is 1. The number of nitrogens with zero attached hydrogens (tertiary/aromatic N) is 4. The second kappa shape index (κ2) is 11.9. The molecule has 1 aliphatic rings. The number of halogens is 1. The van der Waals surface area contributed by atoms with Crippen LogP contribution in [0.1, 0.15) is 51.7 Å². The normalized spacial score (nSPS) is 15.4. The summed E-state index contributed by atoms with van der Waals surface area (Å²) < 4.78 is 25.9. The molecule has 0 aliphatic carbocycles. The van der Waals surface area contributed by atoms with Gasteiger partial charge >= 0.3 is 5.76 Å². The molecule has 3 heterocycles. The molecule has 1 atom stereocenters. The van der Waals surface area contributed by atoms with Crippen LogP contribution in [-0.4, -0.2) is 43.3 Å². The van der Waals surface area contributed by atoms with E-state index in [0.717, 1.165) is 6.42 Å². The number of aliphatic imine (C=N–C) groups is 1. The number of hydrogen-bond acceptors (Lipinski definition) is 8. The van der Waals surface area contributed by atoms with Gasteiger partial charge in [-0.25, -0.2) is 19.2 Å². The van der Waals surface area contributed by atoms with Crippen LogP contribution in [0, 0.1) is 5.82 Å². The maximum Gasteiger partial charge on any atom is 0.439 e. The van der Waals surface area contributed by atoms with E-state index in [1.54, 1.807) is 35.4 Å². The summed E-state index contributed by atoms with van der Waals surface area (Å²) >= 11 is 0. The fraction of sp³-hybridized carbons (Fsp3) is 0.290. The van der Waals surface area contributed by atoms with Gasteiger partial charge in [-0.05, 0) is 50.5 Å². The van der Waals surface area contributed by atoms with E-state index in [9.17, 15) is 9.90 Å². The summed E-state index contributed by atoms with van der Waals surface area (Å²) in [6, 6.07) is 15.8. The molecule has 1 aliphatic heterocycles. The van der Waals surface area contributed by atoms with Gasteiger partial charge in [0, 0.05) is 53.2 Å². The Bertz CT molecular complexity index is 1660. The molecule has 0 bridgehead atoms. The van der Waals surface area contributed by atoms with Crippen molar-refractivity contribution in [1.29, 1.82) is 0 Å². The molecule has 0 spiro atoms. The minimum absolute atomic E-state index is 0.00706. The molecule has 10 heteroatoms. The van der Waals surface area contributed by atoms with Gasteiger partial charge < -0.3 is 14.7 Å². The summed E-state index contributed by atoms with van der Waals surface area (Å²) in [5, 5.41) is 15.4. The highest BCUT2D eigenvalue weighted by atomic mass is 19.1. The van der Waals surface area contributed by atoms with Crippen LogP contribution in [-0.2, 0) is 6.54 Å². The maximum atomic E-state index is 15.6. The Morgan fingerprint density at radius 2 is 1.88 bits per heavy atom. The molecule has 0 radical (unpaired) electrons. The number of hydrogen-bond donors (Lipinski definition) is 2. The molecule has 41 heavy (non-hydrogen) atoms. The van der Waals surface area contributed by atoms with E-state index in [1.807, 2.05) is 52.0 Å². The minimum atomic E-state index is -1.04. The van der Waals surface area contributed by atoms with E-state index in [-0.39, 0.29) is 18.5 Å². The van der Waals surface area contributed by atoms with Crippen LogP contribution in [0.15, 0.2) is 80.8 Å². The van der Waals surface area contributed by atoms with Gasteiger partial charge in [-0.2, -0.15) is 0 Å². The fourth-order valence-corrected chi connectivity index (χ4v) is 4.93. The molecule has 1 unspecified atom stereocenters. The molecular weight excluding hydrogens is 525 g/mol. The van der Waals surface area contributed by atoms with E-state index in [1.165, 1.54) is 6.07 Å². The summed E-state index contributed by atoms with van der Waals surface area (Å²) in [7, 11) is 0. The predicted octanol–water partition coefficient (Wildman–Crippen LogP) is 5.78. The lowest BCUT2D eigenvalue weighted by atomic mass is 9.97. The topological polar surface area (TPSA) is 117 Å². The SMILES string of the molecule is CCCC1=NC(C)=C(c2ccc(OC(C)C)nc2)C(O)N1Cc1ccc(-c2ccccc2-c2noc(=O)[nH]2)cc1F. The number of benzene rings is 2. The fourth-order valence-electron chi connectivity index (χ4n) is 4.93. The van der Waals surface area contributed by atoms with Gasteiger partial charge in [0.2, 0.25) is 5.88 Å². The van der Waals surface area contributed by atoms with Crippen molar-refractivity contribution in [3.63, 3.8) is 0 Å². The lowest BCUT2D eigenvalue weighted by Crippen LogP contribution is -2.43. The lowest BCUT2D eigenvalue weighted by Gasteiger charge is -2.36. The molecular formula is C31H32FN5O4. The lowest BCUT2D eigenvalue weighted by molar-refractivity contribution is 0.0944. The molecule has 0 saturated heterocycles. The molecule has 0 saturated carbocycles. The van der Waals surface area contributed by atoms with Gasteiger partial charge in [-0.1, -0.05) is 48.5 Å². The Kier molecular flexibility index (Phi) is 8.11. The average molecular weight is 558 g/mol. The molecule has 0 amide bonds. The molecule has 2 N–H and O–H groups in total. The van der Waals surface area contributed by atoms with Gasteiger partial charge in [-0.3, -0.25) is 9.51 Å². The minimum Gasteiger partial charge on any atom is -0.475 e. The van der Waals surface area contributed by atoms with Crippen molar-refractivity contribution in [2.45, 2.75) is 59.4 Å². The number of aliphatic hydroxyl groups is 1. The van der Waals surface area contributed by atoms with Gasteiger partial charge in [0.25, 0.3) is 0 Å². The monoisotopic (exact) mass is 557 g/mol. The summed E-state index contributed by atoms with van der Waals surface area (Å²) in [5.74, 6) is 0.356. The van der Waals surface area contributed by atoms with Crippen LogP contribution in [0.4, 0.5) is 4.39 Å². The molecule has 212 valence electrons. The zero-order valence-corrected chi connectivity index (χ0v) is 23.4. The second-order valence-electron chi connectivity index (χ2n) is 10.1. The summed E-state index contributed by atoms with van der Waals surface area (Å²) in [6.45, 7) is 7.87. The van der Waals surface area contributed by atoms with E-state index in [0.29, 0.717) is 57.2 Å². The average Bonchev–Trinajstić information content (AvgIpc) is 3.38. The quantitative estimate of drug-likeness (QED) is 0.268. The molecule has 2 aromatic heterocycles. The number of rotatable bonds is 9. The van der Waals surface area contributed by atoms with Gasteiger partial charge in [-0.15, -0.1) is 0 Å². The first-order chi connectivity index (χ1) is 19.7. The maximum absolute atomic E-state index is 15.6. The highest BCUT2D eigenvalue weighted by Crippen LogP contribution is 2.34. The Morgan fingerprint density at radius 1 is 1.12 bits per heavy atom. The third-order valence-electron chi connectivity index (χ3n) is 6.78. The predicted molar refractivity (Wildman–Crippen MR) is 154 cm³/mol. The van der Waals surface area contributed by atoms with E-state index in [4.69, 9.17) is 9.73 Å². The number of aromatic amines is 1. The van der Waals surface area contributed by atoms with E-state index >= 15 is 4.39 Å². The zero-order valence-electron chi connectivity index (χ0n) is 23.4. The molecule has 0 fully saturated rings. The van der Waals surface area contributed by atoms with Crippen molar-refractivity contribution in [3.8, 4) is 28.4 Å². The van der Waals surface area contributed by atoms with Crippen LogP contribution in [0.3, 0.4) is 0 Å². The van der Waals surface area contributed by atoms with Crippen molar-refractivity contribution >= 4 is 11.4 Å². The van der Waals surface area contributed by atoms with Crippen LogP contribution in [0.5, 0.6) is 5.88 Å². The van der Waals surface area contributed by atoms with Gasteiger partial charge in [0.1, 0.15) is 11.7 Å². The van der Waals surface area contributed by atoms with Gasteiger partial charge in [0.05, 0.1) is 6.10 Å². The van der Waals surface area contributed by atoms with Crippen molar-refractivity contribution in [1.82, 2.24) is 20.0 Å². The van der Waals surface area contributed by atoms with Crippen molar-refractivity contribution in [2.24, 2.45) is 4.99 Å². The Balaban J connectivity index is 1.44. The van der Waals surface area contributed by atoms with Crippen molar-refractivity contribution in [3.05, 3.63) is 94.0 Å². The van der Waals surface area contributed by atoms with E-state index in [2.05, 4.69) is 19.6 Å². The van der Waals surface area contributed by atoms with E-state index < -0.39 is 17.8 Å². The van der Waals surface area contributed by atoms with Crippen LogP contribution in [0.2, 0.25) is 0 Å². The molecule has 2 aromatic carbocycles. The number of ether oxygens (including phenoxy) is 1. The number of nitrogens with one attached hydrogen (secondary N) is 1. The first kappa shape index (κ1) is 28.0. The second-order valence-corrected chi connectivity index (χ2v) is 10.1. The van der Waals surface area contributed by atoms with Crippen LogP contribution < -0.4 is 10.5 Å². The Hall–Kier alpha value is -4.57. The Labute approximate surface area is 237 Å². The highest BCUT2D eigenvalue weighted by molar-refractivity contribution is 5.90. The molecule has 9 nitrogen and oxygen atoms in total. The number of pyridine rings is 1. The largest absolute Gasteiger partial charge is 0.475 e. The number of aliphatic hydroxyl groups excluding tert-OH is 1. The summed E-state index contributed by atoms with van der Waals surface area (Å²) in [6.07, 6.45) is 2.05. The standard InChI is InChI=1S/C31H32FN5O4/c1-5-8-26-34-19(4)28(21-13-14-27(33-16-21)40-18(2)3)30(38)37(26)17-22-12-11-20(15-25(22)32)23-9-6-7-10-24(23)29-35-31(39)41-36-29/h6-7,9-16,18,30,38H,5,8,17H2,1-4H3,(H,35,36,39). The summed E-state index contributed by atoms with van der Waals surface area (Å²) in [5.41, 5.74) is 4.33. The smallest absolute Gasteiger partial charge is 0.439 e. The Morgan fingerprint density at radius 3 is 2.51 bits per heavy atom. The number of allylic oxidation sites excluding steroid dienone is 1. The van der Waals surface area contributed by atoms with Crippen LogP contribution in [0.25, 0.3) is 28.1 Å². The van der Waals surface area contributed by atoms with Crippen LogP contribution >= 0.6 is 0 Å². The van der Waals surface area contributed by atoms with Crippen molar-refractivity contribution in [2.75, 3.05) is 0 Å². The first-order valence-corrected chi connectivity index (χ1v) is 13.6. The molecule has 5 rings (SSSR count). The summed E-state index contributed by atoms with van der Waals surface area (Å²) in [4.78, 5) is 25.0. The zero-order chi connectivity index (χ0) is 29.1. The van der Waals surface area contributed by atoms with Crippen molar-refractivity contribution < 1.29 is 18.8 Å². The number of amidine groups is 1. The molecule has 4 aromatic rings. The third-order valence-corrected chi connectivity index (χ3v) is 6.78. The number of aromatic nitrogens is 3. The third kappa shape index (κ3) is 5.97. The van der Waals surface area contributed by atoms with Gasteiger partial charge in [0.15, 0.2) is 12.1 Å².